The van der Waals surface area contributed by atoms with Gasteiger partial charge in [0.1, 0.15) is 0 Å². The van der Waals surface area contributed by atoms with Gasteiger partial charge in [-0.3, -0.25) is 9.69 Å². The molecule has 1 aromatic carbocycles. The second kappa shape index (κ2) is 10.3. The van der Waals surface area contributed by atoms with Crippen LogP contribution in [0.4, 0.5) is 0 Å². The Balaban J connectivity index is 1.69. The van der Waals surface area contributed by atoms with Gasteiger partial charge in [-0.15, -0.1) is 0 Å². The number of nitrogens with one attached hydrogen (secondary N) is 1. The largest absolute Gasteiger partial charge is 0.356 e. The second-order valence-corrected chi connectivity index (χ2v) is 7.01. The minimum absolute atomic E-state index is 0.171. The highest BCUT2D eigenvalue weighted by molar-refractivity contribution is 5.76. The molecule has 0 bridgehead atoms. The van der Waals surface area contributed by atoms with E-state index in [1.807, 2.05) is 6.07 Å². The van der Waals surface area contributed by atoms with Crippen LogP contribution in [0, 0.1) is 0 Å². The maximum atomic E-state index is 12.1. The molecule has 132 valence electrons. The van der Waals surface area contributed by atoms with Crippen molar-refractivity contribution in [1.82, 2.24) is 10.2 Å². The molecule has 1 aromatic rings. The van der Waals surface area contributed by atoms with Crippen molar-refractivity contribution in [2.24, 2.45) is 0 Å². The van der Waals surface area contributed by atoms with Crippen LogP contribution in [0.2, 0.25) is 0 Å². The summed E-state index contributed by atoms with van der Waals surface area (Å²) < 4.78 is 0. The maximum Gasteiger partial charge on any atom is 0.221 e. The Hall–Kier alpha value is -1.61. The van der Waals surface area contributed by atoms with E-state index in [9.17, 15) is 4.79 Å². The molecule has 2 rings (SSSR count). The minimum atomic E-state index is 0.171. The Labute approximate surface area is 147 Å². The fraction of sp³-hybridized carbons (Fsp3) is 0.571. The van der Waals surface area contributed by atoms with E-state index in [0.29, 0.717) is 12.5 Å². The lowest BCUT2D eigenvalue weighted by molar-refractivity contribution is -0.121. The van der Waals surface area contributed by atoms with E-state index in [4.69, 9.17) is 0 Å². The SMILES string of the molecule is CC(C)N(CCC(=O)NCCC1=CCCCC1)Cc1ccccc1. The van der Waals surface area contributed by atoms with E-state index in [2.05, 4.69) is 54.4 Å². The molecule has 1 aliphatic carbocycles. The summed E-state index contributed by atoms with van der Waals surface area (Å²) in [6.45, 7) is 6.87. The monoisotopic (exact) mass is 328 g/mol. The topological polar surface area (TPSA) is 32.3 Å². The van der Waals surface area contributed by atoms with Gasteiger partial charge >= 0.3 is 0 Å². The zero-order chi connectivity index (χ0) is 17.2. The third kappa shape index (κ3) is 6.88. The van der Waals surface area contributed by atoms with Crippen LogP contribution in [0.5, 0.6) is 0 Å². The Kier molecular flexibility index (Phi) is 8.03. The molecule has 0 radical (unpaired) electrons. The van der Waals surface area contributed by atoms with Crippen LogP contribution in [-0.4, -0.2) is 29.9 Å². The summed E-state index contributed by atoms with van der Waals surface area (Å²) in [4.78, 5) is 14.5. The Morgan fingerprint density at radius 2 is 2.00 bits per heavy atom. The van der Waals surface area contributed by atoms with E-state index < -0.39 is 0 Å². The lowest BCUT2D eigenvalue weighted by Gasteiger charge is -2.26. The summed E-state index contributed by atoms with van der Waals surface area (Å²) >= 11 is 0. The van der Waals surface area contributed by atoms with E-state index in [1.165, 1.54) is 36.8 Å². The van der Waals surface area contributed by atoms with Crippen LogP contribution < -0.4 is 5.32 Å². The summed E-state index contributed by atoms with van der Waals surface area (Å²) in [5.74, 6) is 0.171. The van der Waals surface area contributed by atoms with Gasteiger partial charge in [0.25, 0.3) is 0 Å². The van der Waals surface area contributed by atoms with Gasteiger partial charge in [-0.1, -0.05) is 42.0 Å². The average molecular weight is 328 g/mol. The maximum absolute atomic E-state index is 12.1. The first-order chi connectivity index (χ1) is 11.6. The van der Waals surface area contributed by atoms with Gasteiger partial charge in [0.15, 0.2) is 0 Å². The fourth-order valence-corrected chi connectivity index (χ4v) is 3.17. The highest BCUT2D eigenvalue weighted by Crippen LogP contribution is 2.19. The first-order valence-corrected chi connectivity index (χ1v) is 9.37. The van der Waals surface area contributed by atoms with Crippen LogP contribution in [0.3, 0.4) is 0 Å². The van der Waals surface area contributed by atoms with Crippen molar-refractivity contribution in [2.45, 2.75) is 65.0 Å². The molecule has 0 heterocycles. The van der Waals surface area contributed by atoms with E-state index in [-0.39, 0.29) is 5.91 Å². The number of rotatable bonds is 9. The molecule has 3 heteroatoms. The number of carbonyl (C=O) groups is 1. The number of nitrogens with zero attached hydrogens (tertiary/aromatic N) is 1. The van der Waals surface area contributed by atoms with E-state index >= 15 is 0 Å². The first-order valence-electron chi connectivity index (χ1n) is 9.37. The molecule has 0 fully saturated rings. The molecule has 0 unspecified atom stereocenters. The number of amides is 1. The predicted molar refractivity (Wildman–Crippen MR) is 101 cm³/mol. The van der Waals surface area contributed by atoms with Crippen molar-refractivity contribution < 1.29 is 4.79 Å². The quantitative estimate of drug-likeness (QED) is 0.686. The predicted octanol–water partition coefficient (Wildman–Crippen LogP) is 4.29. The Morgan fingerprint density at radius 1 is 1.21 bits per heavy atom. The van der Waals surface area contributed by atoms with Crippen LogP contribution in [0.1, 0.15) is 57.9 Å². The smallest absolute Gasteiger partial charge is 0.221 e. The van der Waals surface area contributed by atoms with Crippen LogP contribution in [0.15, 0.2) is 42.0 Å². The normalized spacial score (nSPS) is 14.8. The second-order valence-electron chi connectivity index (χ2n) is 7.01. The highest BCUT2D eigenvalue weighted by atomic mass is 16.1. The van der Waals surface area contributed by atoms with Gasteiger partial charge < -0.3 is 5.32 Å². The molecule has 1 N–H and O–H groups in total. The Bertz CT molecular complexity index is 522. The summed E-state index contributed by atoms with van der Waals surface area (Å²) in [5, 5.41) is 3.08. The highest BCUT2D eigenvalue weighted by Gasteiger charge is 2.12. The Morgan fingerprint density at radius 3 is 2.67 bits per heavy atom. The van der Waals surface area contributed by atoms with E-state index in [0.717, 1.165) is 26.1 Å². The van der Waals surface area contributed by atoms with Gasteiger partial charge in [0.05, 0.1) is 0 Å². The molecule has 1 amide bonds. The summed E-state index contributed by atoms with van der Waals surface area (Å²) in [5.41, 5.74) is 2.82. The lowest BCUT2D eigenvalue weighted by atomic mass is 9.97. The lowest BCUT2D eigenvalue weighted by Crippen LogP contribution is -2.35. The molecule has 24 heavy (non-hydrogen) atoms. The molecule has 0 saturated carbocycles. The van der Waals surface area contributed by atoms with Crippen molar-refractivity contribution in [3.05, 3.63) is 47.5 Å². The van der Waals surface area contributed by atoms with Crippen molar-refractivity contribution in [2.75, 3.05) is 13.1 Å². The molecular formula is C21H32N2O. The fourth-order valence-electron chi connectivity index (χ4n) is 3.17. The summed E-state index contributed by atoms with van der Waals surface area (Å²) in [6.07, 6.45) is 9.01. The number of hydrogen-bond donors (Lipinski definition) is 1. The average Bonchev–Trinajstić information content (AvgIpc) is 2.60. The number of allylic oxidation sites excluding steroid dienone is 1. The number of benzene rings is 1. The van der Waals surface area contributed by atoms with Gasteiger partial charge in [-0.2, -0.15) is 0 Å². The molecule has 0 atom stereocenters. The van der Waals surface area contributed by atoms with Crippen molar-refractivity contribution in [3.63, 3.8) is 0 Å². The summed E-state index contributed by atoms with van der Waals surface area (Å²) in [6, 6.07) is 10.9. The third-order valence-electron chi connectivity index (χ3n) is 4.74. The number of carbonyl (C=O) groups excluding carboxylic acids is 1. The van der Waals surface area contributed by atoms with Gasteiger partial charge in [0, 0.05) is 32.1 Å². The van der Waals surface area contributed by atoms with Gasteiger partial charge in [-0.05, 0) is 51.5 Å². The molecule has 0 spiro atoms. The first kappa shape index (κ1) is 18.7. The zero-order valence-electron chi connectivity index (χ0n) is 15.3. The molecule has 3 nitrogen and oxygen atoms in total. The molecule has 1 aliphatic rings. The van der Waals surface area contributed by atoms with Crippen LogP contribution >= 0.6 is 0 Å². The van der Waals surface area contributed by atoms with Crippen molar-refractivity contribution in [3.8, 4) is 0 Å². The van der Waals surface area contributed by atoms with Gasteiger partial charge in [0.2, 0.25) is 5.91 Å². The van der Waals surface area contributed by atoms with Crippen molar-refractivity contribution in [1.29, 1.82) is 0 Å². The number of hydrogen-bond acceptors (Lipinski definition) is 2. The zero-order valence-corrected chi connectivity index (χ0v) is 15.3. The van der Waals surface area contributed by atoms with Crippen LogP contribution in [-0.2, 0) is 11.3 Å². The standard InChI is InChI=1S/C21H32N2O/c1-18(2)23(17-20-11-7-4-8-12-20)16-14-21(24)22-15-13-19-9-5-3-6-10-19/h4,7-9,11-12,18H,3,5-6,10,13-17H2,1-2H3,(H,22,24). The third-order valence-corrected chi connectivity index (χ3v) is 4.74. The summed E-state index contributed by atoms with van der Waals surface area (Å²) in [7, 11) is 0. The molecule has 0 aromatic heterocycles. The van der Waals surface area contributed by atoms with Crippen molar-refractivity contribution >= 4 is 5.91 Å². The molecule has 0 saturated heterocycles. The van der Waals surface area contributed by atoms with E-state index in [1.54, 1.807) is 0 Å². The molecular weight excluding hydrogens is 296 g/mol. The van der Waals surface area contributed by atoms with Crippen LogP contribution in [0.25, 0.3) is 0 Å². The van der Waals surface area contributed by atoms with Gasteiger partial charge in [-0.25, -0.2) is 0 Å². The molecule has 0 aliphatic heterocycles. The minimum Gasteiger partial charge on any atom is -0.356 e.